The number of carbonyl (C=O) groups is 2. The molecule has 2 fully saturated rings. The molecule has 1 unspecified atom stereocenters. The molecule has 148 valence electrons. The molecule has 0 bridgehead atoms. The van der Waals surface area contributed by atoms with Gasteiger partial charge >= 0.3 is 6.09 Å². The van der Waals surface area contributed by atoms with E-state index in [9.17, 15) is 9.59 Å². The number of amides is 2. The number of likely N-dealkylation sites (tertiary alicyclic amines) is 1. The van der Waals surface area contributed by atoms with Crippen molar-refractivity contribution in [3.05, 3.63) is 0 Å². The van der Waals surface area contributed by atoms with Crippen LogP contribution in [-0.2, 0) is 9.53 Å². The van der Waals surface area contributed by atoms with E-state index in [1.165, 1.54) is 0 Å². The van der Waals surface area contributed by atoms with Crippen molar-refractivity contribution in [1.82, 2.24) is 20.9 Å². The number of guanidine groups is 1. The van der Waals surface area contributed by atoms with Crippen LogP contribution >= 0.6 is 0 Å². The minimum atomic E-state index is -0.496. The van der Waals surface area contributed by atoms with Crippen LogP contribution in [0.2, 0.25) is 0 Å². The molecular formula is C18H33N5O3. The first kappa shape index (κ1) is 20.3. The summed E-state index contributed by atoms with van der Waals surface area (Å²) in [6.07, 6.45) is 2.49. The Kier molecular flexibility index (Phi) is 7.11. The monoisotopic (exact) mass is 367 g/mol. The lowest BCUT2D eigenvalue weighted by Crippen LogP contribution is -2.44. The number of nitrogens with one attached hydrogen (secondary N) is 3. The van der Waals surface area contributed by atoms with E-state index in [0.29, 0.717) is 19.6 Å². The maximum absolute atomic E-state index is 11.9. The van der Waals surface area contributed by atoms with Crippen molar-refractivity contribution in [3.8, 4) is 0 Å². The smallest absolute Gasteiger partial charge is 0.407 e. The second-order valence-electron chi connectivity index (χ2n) is 7.88. The molecule has 2 rings (SSSR count). The molecule has 2 amide bonds. The highest BCUT2D eigenvalue weighted by Gasteiger charge is 2.29. The topological polar surface area (TPSA) is 95.1 Å². The van der Waals surface area contributed by atoms with E-state index in [1.807, 2.05) is 27.7 Å². The second-order valence-corrected chi connectivity index (χ2v) is 7.88. The molecule has 1 saturated heterocycles. The number of alkyl carbamates (subject to hydrolysis) is 1. The van der Waals surface area contributed by atoms with Crippen molar-refractivity contribution in [2.45, 2.75) is 58.6 Å². The van der Waals surface area contributed by atoms with Gasteiger partial charge in [-0.3, -0.25) is 9.79 Å². The Balaban J connectivity index is 1.77. The Morgan fingerprint density at radius 3 is 2.54 bits per heavy atom. The fourth-order valence-corrected chi connectivity index (χ4v) is 2.80. The summed E-state index contributed by atoms with van der Waals surface area (Å²) in [5.41, 5.74) is -0.496. The van der Waals surface area contributed by atoms with E-state index in [-0.39, 0.29) is 24.0 Å². The Morgan fingerprint density at radius 2 is 1.92 bits per heavy atom. The number of rotatable bonds is 6. The highest BCUT2D eigenvalue weighted by atomic mass is 16.6. The Hall–Kier alpha value is -1.99. The van der Waals surface area contributed by atoms with E-state index in [0.717, 1.165) is 38.3 Å². The van der Waals surface area contributed by atoms with Crippen LogP contribution in [0, 0.1) is 5.92 Å². The SMILES string of the molecule is CCNC(=NCCNC(=O)C1CC1)N1CCC(NC(=O)OC(C)(C)C)C1. The average molecular weight is 367 g/mol. The van der Waals surface area contributed by atoms with E-state index < -0.39 is 5.60 Å². The van der Waals surface area contributed by atoms with Gasteiger partial charge in [-0.1, -0.05) is 0 Å². The molecule has 8 heteroatoms. The molecule has 3 N–H and O–H groups in total. The fourth-order valence-electron chi connectivity index (χ4n) is 2.80. The number of aliphatic imine (C=N–C) groups is 1. The van der Waals surface area contributed by atoms with Gasteiger partial charge in [0.15, 0.2) is 5.96 Å². The van der Waals surface area contributed by atoms with Crippen LogP contribution in [-0.4, -0.2) is 67.2 Å². The number of hydrogen-bond donors (Lipinski definition) is 3. The molecule has 1 saturated carbocycles. The van der Waals surface area contributed by atoms with Gasteiger partial charge in [-0.15, -0.1) is 0 Å². The quantitative estimate of drug-likeness (QED) is 0.371. The summed E-state index contributed by atoms with van der Waals surface area (Å²) in [5, 5.41) is 9.12. The van der Waals surface area contributed by atoms with E-state index >= 15 is 0 Å². The predicted octanol–water partition coefficient (Wildman–Crippen LogP) is 1.08. The van der Waals surface area contributed by atoms with Crippen molar-refractivity contribution in [2.75, 3.05) is 32.7 Å². The molecule has 0 aromatic rings. The molecule has 0 radical (unpaired) electrons. The summed E-state index contributed by atoms with van der Waals surface area (Å²) < 4.78 is 5.31. The van der Waals surface area contributed by atoms with Crippen molar-refractivity contribution in [1.29, 1.82) is 0 Å². The summed E-state index contributed by atoms with van der Waals surface area (Å²) >= 11 is 0. The van der Waals surface area contributed by atoms with Gasteiger partial charge in [0.25, 0.3) is 0 Å². The Bertz CT molecular complexity index is 525. The van der Waals surface area contributed by atoms with E-state index in [2.05, 4.69) is 25.8 Å². The number of hydrogen-bond acceptors (Lipinski definition) is 4. The third-order valence-electron chi connectivity index (χ3n) is 4.16. The molecule has 1 atom stereocenters. The van der Waals surface area contributed by atoms with Gasteiger partial charge in [0.2, 0.25) is 5.91 Å². The van der Waals surface area contributed by atoms with Gasteiger partial charge in [0.1, 0.15) is 5.60 Å². The minimum absolute atomic E-state index is 0.0447. The van der Waals surface area contributed by atoms with Crippen molar-refractivity contribution < 1.29 is 14.3 Å². The molecule has 26 heavy (non-hydrogen) atoms. The van der Waals surface area contributed by atoms with Crippen molar-refractivity contribution >= 4 is 18.0 Å². The molecular weight excluding hydrogens is 334 g/mol. The van der Waals surface area contributed by atoms with Gasteiger partial charge < -0.3 is 25.6 Å². The largest absolute Gasteiger partial charge is 0.444 e. The number of carbonyl (C=O) groups excluding carboxylic acids is 2. The van der Waals surface area contributed by atoms with Crippen molar-refractivity contribution in [3.63, 3.8) is 0 Å². The highest BCUT2D eigenvalue weighted by molar-refractivity contribution is 5.81. The Morgan fingerprint density at radius 1 is 1.19 bits per heavy atom. The van der Waals surface area contributed by atoms with Crippen molar-refractivity contribution in [2.24, 2.45) is 10.9 Å². The second kappa shape index (κ2) is 9.09. The average Bonchev–Trinajstić information content (AvgIpc) is 3.29. The Labute approximate surface area is 156 Å². The maximum atomic E-state index is 11.9. The highest BCUT2D eigenvalue weighted by Crippen LogP contribution is 2.28. The molecule has 1 aliphatic carbocycles. The first-order chi connectivity index (χ1) is 12.3. The summed E-state index contributed by atoms with van der Waals surface area (Å²) in [6.45, 7) is 11.0. The summed E-state index contributed by atoms with van der Waals surface area (Å²) in [4.78, 5) is 30.3. The third kappa shape index (κ3) is 7.09. The molecule has 0 aromatic heterocycles. The van der Waals surface area contributed by atoms with Gasteiger partial charge in [-0.05, 0) is 47.0 Å². The molecule has 2 aliphatic rings. The normalized spacial score (nSPS) is 20.7. The number of nitrogens with zero attached hydrogens (tertiary/aromatic N) is 2. The lowest BCUT2D eigenvalue weighted by atomic mass is 10.2. The first-order valence-electron chi connectivity index (χ1n) is 9.59. The van der Waals surface area contributed by atoms with Crippen LogP contribution in [0.1, 0.15) is 47.0 Å². The predicted molar refractivity (Wildman–Crippen MR) is 101 cm³/mol. The standard InChI is InChI=1S/C18H33N5O3/c1-5-19-16(21-10-9-20-15(24)13-6-7-13)23-11-8-14(12-23)22-17(25)26-18(2,3)4/h13-14H,5-12H2,1-4H3,(H,19,21)(H,20,24)(H,22,25). The summed E-state index contributed by atoms with van der Waals surface area (Å²) in [5.74, 6) is 1.19. The molecule has 0 spiro atoms. The molecule has 8 nitrogen and oxygen atoms in total. The van der Waals surface area contributed by atoms with Crippen LogP contribution in [0.5, 0.6) is 0 Å². The van der Waals surface area contributed by atoms with E-state index in [4.69, 9.17) is 4.74 Å². The van der Waals surface area contributed by atoms with Crippen LogP contribution in [0.25, 0.3) is 0 Å². The zero-order valence-corrected chi connectivity index (χ0v) is 16.4. The summed E-state index contributed by atoms with van der Waals surface area (Å²) in [6, 6.07) is 0.0447. The zero-order chi connectivity index (χ0) is 19.2. The van der Waals surface area contributed by atoms with Crippen LogP contribution in [0.3, 0.4) is 0 Å². The fraction of sp³-hybridized carbons (Fsp3) is 0.833. The van der Waals surface area contributed by atoms with Gasteiger partial charge in [0, 0.05) is 32.1 Å². The van der Waals surface area contributed by atoms with E-state index in [1.54, 1.807) is 0 Å². The lowest BCUT2D eigenvalue weighted by molar-refractivity contribution is -0.122. The minimum Gasteiger partial charge on any atom is -0.444 e. The van der Waals surface area contributed by atoms with Gasteiger partial charge in [0.05, 0.1) is 12.6 Å². The van der Waals surface area contributed by atoms with Crippen LogP contribution in [0.15, 0.2) is 4.99 Å². The molecule has 1 heterocycles. The first-order valence-corrected chi connectivity index (χ1v) is 9.59. The van der Waals surface area contributed by atoms with Gasteiger partial charge in [-0.2, -0.15) is 0 Å². The maximum Gasteiger partial charge on any atom is 0.407 e. The lowest BCUT2D eigenvalue weighted by Gasteiger charge is -2.23. The zero-order valence-electron chi connectivity index (χ0n) is 16.4. The molecule has 1 aliphatic heterocycles. The number of ether oxygens (including phenoxy) is 1. The summed E-state index contributed by atoms with van der Waals surface area (Å²) in [7, 11) is 0. The van der Waals surface area contributed by atoms with Gasteiger partial charge in [-0.25, -0.2) is 4.79 Å². The van der Waals surface area contributed by atoms with Crippen LogP contribution in [0.4, 0.5) is 4.79 Å². The van der Waals surface area contributed by atoms with Crippen LogP contribution < -0.4 is 16.0 Å². The third-order valence-corrected chi connectivity index (χ3v) is 4.16. The molecule has 0 aromatic carbocycles.